The van der Waals surface area contributed by atoms with Crippen LogP contribution in [0.1, 0.15) is 41.6 Å². The lowest BCUT2D eigenvalue weighted by molar-refractivity contribution is -0.137. The number of amides is 1. The number of nitrogens with zero attached hydrogens (tertiary/aromatic N) is 2. The summed E-state index contributed by atoms with van der Waals surface area (Å²) in [6.07, 6.45) is -3.04. The maximum absolute atomic E-state index is 14.0. The third-order valence-electron chi connectivity index (χ3n) is 3.73. The highest BCUT2D eigenvalue weighted by atomic mass is 35.5. The van der Waals surface area contributed by atoms with E-state index in [4.69, 9.17) is 11.6 Å². The molecule has 0 fully saturated rings. The molecule has 0 aliphatic rings. The van der Waals surface area contributed by atoms with Gasteiger partial charge in [-0.25, -0.2) is 9.18 Å². The zero-order valence-corrected chi connectivity index (χ0v) is 17.2. The lowest BCUT2D eigenvalue weighted by Crippen LogP contribution is -2.20. The van der Waals surface area contributed by atoms with Crippen molar-refractivity contribution in [1.29, 1.82) is 0 Å². The second-order valence-electron chi connectivity index (χ2n) is 7.02. The minimum Gasteiger partial charge on any atom is -0.452 e. The number of carbonyl (C=O) groups is 2. The first-order valence-corrected chi connectivity index (χ1v) is 9.47. The van der Waals surface area contributed by atoms with Crippen LogP contribution in [-0.2, 0) is 22.9 Å². The molecule has 0 atom stereocenters. The molecule has 1 aromatic carbocycles. The van der Waals surface area contributed by atoms with Gasteiger partial charge in [-0.1, -0.05) is 20.8 Å². The second kappa shape index (κ2) is 8.66. The Bertz CT molecular complexity index is 990. The van der Waals surface area contributed by atoms with Gasteiger partial charge in [-0.05, 0) is 23.6 Å². The van der Waals surface area contributed by atoms with Crippen LogP contribution >= 0.6 is 22.9 Å². The van der Waals surface area contributed by atoms with Gasteiger partial charge in [-0.3, -0.25) is 4.79 Å². The van der Waals surface area contributed by atoms with Crippen molar-refractivity contribution < 1.29 is 31.9 Å². The maximum Gasteiger partial charge on any atom is 0.416 e. The molecular formula is C18H17ClF4N2O3S. The summed E-state index contributed by atoms with van der Waals surface area (Å²) in [6, 6.07) is 1.56. The number of hydrogen-bond acceptors (Lipinski definition) is 4. The first kappa shape index (κ1) is 23.1. The van der Waals surface area contributed by atoms with Crippen LogP contribution in [0.4, 0.5) is 22.4 Å². The van der Waals surface area contributed by atoms with E-state index in [0.717, 1.165) is 16.2 Å². The second-order valence-corrected chi connectivity index (χ2v) is 8.33. The zero-order valence-electron chi connectivity index (χ0n) is 15.6. The van der Waals surface area contributed by atoms with Gasteiger partial charge < -0.3 is 9.30 Å². The van der Waals surface area contributed by atoms with Crippen molar-refractivity contribution in [3.63, 3.8) is 0 Å². The van der Waals surface area contributed by atoms with Gasteiger partial charge in [0.15, 0.2) is 4.80 Å². The molecular weight excluding hydrogens is 436 g/mol. The molecule has 5 nitrogen and oxygen atoms in total. The van der Waals surface area contributed by atoms with Gasteiger partial charge >= 0.3 is 11.6 Å². The SMILES string of the molecule is CC(C)(C)c1cn(CCOC(=O)Cl)c(=NC(=O)c2cc(C(F)(F)F)ccc2F)s1. The van der Waals surface area contributed by atoms with Gasteiger partial charge in [0, 0.05) is 22.7 Å². The highest BCUT2D eigenvalue weighted by molar-refractivity contribution is 7.09. The Morgan fingerprint density at radius 2 is 1.90 bits per heavy atom. The first-order chi connectivity index (χ1) is 13.3. The van der Waals surface area contributed by atoms with E-state index >= 15 is 0 Å². The Kier molecular flexibility index (Phi) is 6.89. The summed E-state index contributed by atoms with van der Waals surface area (Å²) >= 11 is 6.24. The molecule has 0 aliphatic heterocycles. The molecule has 0 unspecified atom stereocenters. The number of thiazole rings is 1. The quantitative estimate of drug-likeness (QED) is 0.477. The van der Waals surface area contributed by atoms with Crippen molar-refractivity contribution in [2.75, 3.05) is 6.61 Å². The Balaban J connectivity index is 2.48. The van der Waals surface area contributed by atoms with Crippen molar-refractivity contribution in [1.82, 2.24) is 4.57 Å². The van der Waals surface area contributed by atoms with Gasteiger partial charge in [0.05, 0.1) is 17.7 Å². The highest BCUT2D eigenvalue weighted by Crippen LogP contribution is 2.30. The van der Waals surface area contributed by atoms with Crippen LogP contribution < -0.4 is 4.80 Å². The molecule has 1 heterocycles. The number of carbonyl (C=O) groups excluding carboxylic acids is 2. The van der Waals surface area contributed by atoms with E-state index in [0.29, 0.717) is 18.2 Å². The fourth-order valence-corrected chi connectivity index (χ4v) is 3.36. The minimum absolute atomic E-state index is 0.0994. The van der Waals surface area contributed by atoms with Crippen molar-refractivity contribution >= 4 is 34.3 Å². The van der Waals surface area contributed by atoms with Crippen LogP contribution in [0.2, 0.25) is 0 Å². The molecule has 29 heavy (non-hydrogen) atoms. The number of ether oxygens (including phenoxy) is 1. The molecule has 1 aromatic heterocycles. The zero-order chi connectivity index (χ0) is 22.0. The lowest BCUT2D eigenvalue weighted by atomic mass is 9.95. The van der Waals surface area contributed by atoms with Crippen molar-refractivity contribution in [3.05, 3.63) is 51.0 Å². The molecule has 0 saturated carbocycles. The molecule has 0 spiro atoms. The topological polar surface area (TPSA) is 60.7 Å². The fraction of sp³-hybridized carbons (Fsp3) is 0.389. The molecule has 11 heteroatoms. The Morgan fingerprint density at radius 3 is 2.45 bits per heavy atom. The third kappa shape index (κ3) is 6.14. The predicted octanol–water partition coefficient (Wildman–Crippen LogP) is 5.12. The van der Waals surface area contributed by atoms with E-state index in [1.165, 1.54) is 4.57 Å². The Hall–Kier alpha value is -2.20. The van der Waals surface area contributed by atoms with Crippen LogP contribution in [0.25, 0.3) is 0 Å². The van der Waals surface area contributed by atoms with E-state index < -0.39 is 34.5 Å². The molecule has 0 bridgehead atoms. The number of halogens is 5. The summed E-state index contributed by atoms with van der Waals surface area (Å²) in [5.41, 5.74) is -3.25. The van der Waals surface area contributed by atoms with Crippen LogP contribution in [0.5, 0.6) is 0 Å². The largest absolute Gasteiger partial charge is 0.452 e. The number of hydrogen-bond donors (Lipinski definition) is 0. The normalized spacial score (nSPS) is 12.9. The summed E-state index contributed by atoms with van der Waals surface area (Å²) in [5, 5.41) is 0. The Morgan fingerprint density at radius 1 is 1.24 bits per heavy atom. The number of alkyl halides is 3. The third-order valence-corrected chi connectivity index (χ3v) is 5.28. The maximum atomic E-state index is 14.0. The lowest BCUT2D eigenvalue weighted by Gasteiger charge is -2.14. The Labute approximate surface area is 172 Å². The number of aromatic nitrogens is 1. The molecule has 2 rings (SSSR count). The van der Waals surface area contributed by atoms with Crippen LogP contribution in [0.3, 0.4) is 0 Å². The van der Waals surface area contributed by atoms with E-state index in [1.807, 2.05) is 20.8 Å². The molecule has 0 radical (unpaired) electrons. The molecule has 158 valence electrons. The number of benzene rings is 1. The molecule has 0 saturated heterocycles. The monoisotopic (exact) mass is 452 g/mol. The summed E-state index contributed by atoms with van der Waals surface area (Å²) < 4.78 is 58.7. The highest BCUT2D eigenvalue weighted by Gasteiger charge is 2.32. The van der Waals surface area contributed by atoms with Crippen LogP contribution in [0.15, 0.2) is 29.4 Å². The summed E-state index contributed by atoms with van der Waals surface area (Å²) in [4.78, 5) is 27.9. The van der Waals surface area contributed by atoms with Gasteiger partial charge in [0.2, 0.25) is 0 Å². The van der Waals surface area contributed by atoms with Crippen molar-refractivity contribution in [2.24, 2.45) is 4.99 Å². The van der Waals surface area contributed by atoms with Crippen molar-refractivity contribution in [3.8, 4) is 0 Å². The fourth-order valence-electron chi connectivity index (χ4n) is 2.21. The first-order valence-electron chi connectivity index (χ1n) is 8.28. The average molecular weight is 453 g/mol. The summed E-state index contributed by atoms with van der Waals surface area (Å²) in [7, 11) is 0. The van der Waals surface area contributed by atoms with Gasteiger partial charge in [0.1, 0.15) is 12.4 Å². The smallest absolute Gasteiger partial charge is 0.416 e. The van der Waals surface area contributed by atoms with E-state index in [9.17, 15) is 27.2 Å². The summed E-state index contributed by atoms with van der Waals surface area (Å²) in [5.74, 6) is -2.26. The van der Waals surface area contributed by atoms with Gasteiger partial charge in [-0.15, -0.1) is 11.3 Å². The molecule has 0 N–H and O–H groups in total. The van der Waals surface area contributed by atoms with Gasteiger partial charge in [-0.2, -0.15) is 18.2 Å². The number of rotatable bonds is 4. The van der Waals surface area contributed by atoms with Gasteiger partial charge in [0.25, 0.3) is 5.91 Å². The standard InChI is InChI=1S/C18H17ClF4N2O3S/c1-17(2,3)13-9-25(6-7-28-15(19)27)16(29-13)24-14(26)11-8-10(18(21,22)23)4-5-12(11)20/h4-5,8-9H,6-7H2,1-3H3. The average Bonchev–Trinajstić information content (AvgIpc) is 2.97. The molecule has 0 aliphatic carbocycles. The summed E-state index contributed by atoms with van der Waals surface area (Å²) in [6.45, 7) is 5.74. The van der Waals surface area contributed by atoms with Crippen molar-refractivity contribution in [2.45, 2.75) is 38.9 Å². The minimum atomic E-state index is -4.73. The molecule has 1 amide bonds. The van der Waals surface area contributed by atoms with Crippen LogP contribution in [0, 0.1) is 5.82 Å². The van der Waals surface area contributed by atoms with E-state index in [2.05, 4.69) is 9.73 Å². The van der Waals surface area contributed by atoms with E-state index in [-0.39, 0.29) is 23.4 Å². The van der Waals surface area contributed by atoms with Crippen LogP contribution in [-0.4, -0.2) is 22.5 Å². The molecule has 2 aromatic rings. The van der Waals surface area contributed by atoms with E-state index in [1.54, 1.807) is 6.20 Å². The predicted molar refractivity (Wildman–Crippen MR) is 99.5 cm³/mol.